The normalized spacial score (nSPS) is 21.8. The molecule has 1 aliphatic heterocycles. The van der Waals surface area contributed by atoms with Crippen LogP contribution in [0.15, 0.2) is 0 Å². The summed E-state index contributed by atoms with van der Waals surface area (Å²) in [5.74, 6) is 0. The third kappa shape index (κ3) is 4.04. The van der Waals surface area contributed by atoms with Crippen LogP contribution in [-0.4, -0.2) is 51.3 Å². The lowest BCUT2D eigenvalue weighted by Gasteiger charge is -2.24. The Morgan fingerprint density at radius 3 is 2.50 bits per heavy atom. The molecule has 0 unspecified atom stereocenters. The van der Waals surface area contributed by atoms with E-state index in [9.17, 15) is 0 Å². The molecule has 0 amide bonds. The van der Waals surface area contributed by atoms with E-state index in [2.05, 4.69) is 10.2 Å². The van der Waals surface area contributed by atoms with Crippen molar-refractivity contribution in [2.75, 3.05) is 46.4 Å². The zero-order chi connectivity index (χ0) is 8.65. The molecule has 0 aromatic rings. The van der Waals surface area contributed by atoms with E-state index in [1.54, 1.807) is 7.11 Å². The van der Waals surface area contributed by atoms with Crippen molar-refractivity contribution in [2.24, 2.45) is 0 Å². The third-order valence-corrected chi connectivity index (χ3v) is 2.27. The number of nitrogens with one attached hydrogen (secondary N) is 1. The molecule has 1 rings (SSSR count). The van der Waals surface area contributed by atoms with Gasteiger partial charge in [-0.25, -0.2) is 0 Å². The molecule has 0 atom stereocenters. The molecule has 0 spiro atoms. The highest BCUT2D eigenvalue weighted by molar-refractivity contribution is 4.63. The van der Waals surface area contributed by atoms with Crippen molar-refractivity contribution in [1.29, 1.82) is 0 Å². The van der Waals surface area contributed by atoms with E-state index in [1.807, 2.05) is 0 Å². The molecule has 0 bridgehead atoms. The molecule has 1 N–H and O–H groups in total. The van der Waals surface area contributed by atoms with Crippen LogP contribution in [0.4, 0.5) is 0 Å². The van der Waals surface area contributed by atoms with E-state index in [-0.39, 0.29) is 0 Å². The third-order valence-electron chi connectivity index (χ3n) is 2.27. The van der Waals surface area contributed by atoms with Gasteiger partial charge in [-0.3, -0.25) is 0 Å². The van der Waals surface area contributed by atoms with Gasteiger partial charge in [-0.05, 0) is 39.0 Å². The van der Waals surface area contributed by atoms with Gasteiger partial charge in [0.1, 0.15) is 0 Å². The molecular formula is C9H20N2O. The molecule has 0 aromatic carbocycles. The molecule has 1 saturated heterocycles. The maximum absolute atomic E-state index is 5.06. The standard InChI is InChI=1S/C9H20N2O/c1-12-9-8-11-6-2-4-10-5-3-7-11/h10H,2-9H2,1H3. The molecule has 3 heteroatoms. The first-order valence-corrected chi connectivity index (χ1v) is 4.85. The Balaban J connectivity index is 2.11. The molecule has 0 aromatic heterocycles. The number of methoxy groups -OCH3 is 1. The Hall–Kier alpha value is -0.120. The summed E-state index contributed by atoms with van der Waals surface area (Å²) in [6, 6.07) is 0. The minimum Gasteiger partial charge on any atom is -0.383 e. The average molecular weight is 172 g/mol. The van der Waals surface area contributed by atoms with Crippen LogP contribution in [0.5, 0.6) is 0 Å². The van der Waals surface area contributed by atoms with Crippen LogP contribution in [0, 0.1) is 0 Å². The van der Waals surface area contributed by atoms with E-state index in [0.29, 0.717) is 0 Å². The zero-order valence-electron chi connectivity index (χ0n) is 8.01. The maximum atomic E-state index is 5.06. The van der Waals surface area contributed by atoms with Gasteiger partial charge >= 0.3 is 0 Å². The lowest BCUT2D eigenvalue weighted by atomic mass is 10.3. The fourth-order valence-corrected chi connectivity index (χ4v) is 1.54. The number of hydrogen-bond donors (Lipinski definition) is 1. The molecule has 3 nitrogen and oxygen atoms in total. The Bertz CT molecular complexity index is 97.9. The van der Waals surface area contributed by atoms with Crippen LogP contribution < -0.4 is 5.32 Å². The number of rotatable bonds is 3. The van der Waals surface area contributed by atoms with Gasteiger partial charge in [0.2, 0.25) is 0 Å². The summed E-state index contributed by atoms with van der Waals surface area (Å²) < 4.78 is 5.06. The van der Waals surface area contributed by atoms with Gasteiger partial charge in [0, 0.05) is 13.7 Å². The summed E-state index contributed by atoms with van der Waals surface area (Å²) in [6.45, 7) is 6.74. The second kappa shape index (κ2) is 6.40. The predicted octanol–water partition coefficient (Wildman–Crippen LogP) is 0.318. The van der Waals surface area contributed by atoms with Gasteiger partial charge in [-0.1, -0.05) is 0 Å². The van der Waals surface area contributed by atoms with Crippen molar-refractivity contribution >= 4 is 0 Å². The quantitative estimate of drug-likeness (QED) is 0.663. The van der Waals surface area contributed by atoms with Crippen molar-refractivity contribution in [3.05, 3.63) is 0 Å². The van der Waals surface area contributed by atoms with Crippen LogP contribution in [0.3, 0.4) is 0 Å². The van der Waals surface area contributed by atoms with Crippen LogP contribution in [-0.2, 0) is 4.74 Å². The topological polar surface area (TPSA) is 24.5 Å². The highest BCUT2D eigenvalue weighted by Crippen LogP contribution is 1.96. The molecule has 0 aliphatic carbocycles. The summed E-state index contributed by atoms with van der Waals surface area (Å²) in [6.07, 6.45) is 2.54. The molecule has 72 valence electrons. The summed E-state index contributed by atoms with van der Waals surface area (Å²) in [5, 5.41) is 3.41. The Morgan fingerprint density at radius 2 is 1.92 bits per heavy atom. The van der Waals surface area contributed by atoms with Crippen molar-refractivity contribution in [2.45, 2.75) is 12.8 Å². The predicted molar refractivity (Wildman–Crippen MR) is 50.4 cm³/mol. The number of ether oxygens (including phenoxy) is 1. The van der Waals surface area contributed by atoms with E-state index in [0.717, 1.165) is 13.2 Å². The summed E-state index contributed by atoms with van der Waals surface area (Å²) in [5.41, 5.74) is 0. The lowest BCUT2D eigenvalue weighted by molar-refractivity contribution is 0.143. The molecule has 0 saturated carbocycles. The van der Waals surface area contributed by atoms with Crippen molar-refractivity contribution in [3.63, 3.8) is 0 Å². The van der Waals surface area contributed by atoms with Crippen molar-refractivity contribution < 1.29 is 4.74 Å². The van der Waals surface area contributed by atoms with Gasteiger partial charge in [0.25, 0.3) is 0 Å². The monoisotopic (exact) mass is 172 g/mol. The molecule has 1 fully saturated rings. The highest BCUT2D eigenvalue weighted by atomic mass is 16.5. The molecule has 12 heavy (non-hydrogen) atoms. The molecular weight excluding hydrogens is 152 g/mol. The second-order valence-electron chi connectivity index (χ2n) is 3.29. The molecule has 0 radical (unpaired) electrons. The fourth-order valence-electron chi connectivity index (χ4n) is 1.54. The van der Waals surface area contributed by atoms with Gasteiger partial charge < -0.3 is 15.0 Å². The van der Waals surface area contributed by atoms with Crippen LogP contribution in [0.25, 0.3) is 0 Å². The van der Waals surface area contributed by atoms with E-state index in [1.165, 1.54) is 39.0 Å². The average Bonchev–Trinajstić information content (AvgIpc) is 2.02. The minimum atomic E-state index is 0.868. The highest BCUT2D eigenvalue weighted by Gasteiger charge is 2.05. The first kappa shape index (κ1) is 9.96. The van der Waals surface area contributed by atoms with Crippen molar-refractivity contribution in [1.82, 2.24) is 10.2 Å². The maximum Gasteiger partial charge on any atom is 0.0589 e. The summed E-state index contributed by atoms with van der Waals surface area (Å²) >= 11 is 0. The van der Waals surface area contributed by atoms with E-state index < -0.39 is 0 Å². The lowest BCUT2D eigenvalue weighted by Crippen LogP contribution is -2.35. The fraction of sp³-hybridized carbons (Fsp3) is 1.00. The SMILES string of the molecule is COCCN1CCCNCCC1. The summed E-state index contributed by atoms with van der Waals surface area (Å²) in [7, 11) is 1.77. The largest absolute Gasteiger partial charge is 0.383 e. The van der Waals surface area contributed by atoms with Gasteiger partial charge in [0.15, 0.2) is 0 Å². The zero-order valence-corrected chi connectivity index (χ0v) is 8.01. The van der Waals surface area contributed by atoms with E-state index >= 15 is 0 Å². The minimum absolute atomic E-state index is 0.868. The van der Waals surface area contributed by atoms with Gasteiger partial charge in [-0.2, -0.15) is 0 Å². The van der Waals surface area contributed by atoms with Gasteiger partial charge in [-0.15, -0.1) is 0 Å². The van der Waals surface area contributed by atoms with Crippen LogP contribution in [0.1, 0.15) is 12.8 Å². The first-order valence-electron chi connectivity index (χ1n) is 4.85. The smallest absolute Gasteiger partial charge is 0.0589 e. The Kier molecular flexibility index (Phi) is 5.32. The number of hydrogen-bond acceptors (Lipinski definition) is 3. The molecule has 1 heterocycles. The Morgan fingerprint density at radius 1 is 1.25 bits per heavy atom. The van der Waals surface area contributed by atoms with Crippen LogP contribution in [0.2, 0.25) is 0 Å². The number of nitrogens with zero attached hydrogens (tertiary/aromatic N) is 1. The van der Waals surface area contributed by atoms with Crippen LogP contribution >= 0.6 is 0 Å². The Labute approximate surface area is 75.1 Å². The first-order chi connectivity index (χ1) is 5.93. The van der Waals surface area contributed by atoms with Gasteiger partial charge in [0.05, 0.1) is 6.61 Å². The van der Waals surface area contributed by atoms with Crippen molar-refractivity contribution in [3.8, 4) is 0 Å². The van der Waals surface area contributed by atoms with E-state index in [4.69, 9.17) is 4.74 Å². The summed E-state index contributed by atoms with van der Waals surface area (Å²) in [4.78, 5) is 2.49. The molecule has 1 aliphatic rings. The second-order valence-corrected chi connectivity index (χ2v) is 3.29.